The van der Waals surface area contributed by atoms with E-state index in [0.717, 1.165) is 12.1 Å². The van der Waals surface area contributed by atoms with Gasteiger partial charge in [-0.3, -0.25) is 14.5 Å². The molecule has 0 radical (unpaired) electrons. The quantitative estimate of drug-likeness (QED) is 0.848. The highest BCUT2D eigenvalue weighted by atomic mass is 35.5. The maximum absolute atomic E-state index is 12.8. The summed E-state index contributed by atoms with van der Waals surface area (Å²) in [5.74, 6) is -0.950. The Labute approximate surface area is 135 Å². The minimum absolute atomic E-state index is 0.0193. The highest BCUT2D eigenvalue weighted by molar-refractivity contribution is 6.31. The molecule has 1 fully saturated rings. The lowest BCUT2D eigenvalue weighted by atomic mass is 10.2. The van der Waals surface area contributed by atoms with E-state index in [0.29, 0.717) is 13.0 Å². The van der Waals surface area contributed by atoms with Crippen LogP contribution in [0.5, 0.6) is 0 Å². The minimum Gasteiger partial charge on any atom is -0.464 e. The van der Waals surface area contributed by atoms with Crippen molar-refractivity contribution >= 4 is 29.2 Å². The normalized spacial score (nSPS) is 18.2. The second-order valence-electron chi connectivity index (χ2n) is 5.13. The summed E-state index contributed by atoms with van der Waals surface area (Å²) in [5, 5.41) is 1.92. The molecule has 0 spiro atoms. The SMILES string of the molecule is CN(CC(=O)Nc1ccc(Cl)c(C(F)(F)F)c1)[C@@H]1CCOC1=O. The van der Waals surface area contributed by atoms with Crippen molar-refractivity contribution < 1.29 is 27.5 Å². The van der Waals surface area contributed by atoms with Gasteiger partial charge < -0.3 is 10.1 Å². The predicted molar refractivity (Wildman–Crippen MR) is 77.1 cm³/mol. The third kappa shape index (κ3) is 4.35. The van der Waals surface area contributed by atoms with Crippen LogP contribution in [-0.2, 0) is 20.5 Å². The molecule has 2 rings (SSSR count). The Bertz CT molecular complexity index is 622. The van der Waals surface area contributed by atoms with Gasteiger partial charge >= 0.3 is 12.1 Å². The fourth-order valence-corrected chi connectivity index (χ4v) is 2.47. The monoisotopic (exact) mass is 350 g/mol. The van der Waals surface area contributed by atoms with Gasteiger partial charge in [0.05, 0.1) is 23.7 Å². The molecule has 1 atom stereocenters. The number of amides is 1. The zero-order chi connectivity index (χ0) is 17.2. The molecule has 0 aromatic heterocycles. The lowest BCUT2D eigenvalue weighted by Crippen LogP contribution is -2.40. The first kappa shape index (κ1) is 17.6. The number of likely N-dealkylation sites (N-methyl/N-ethyl adjacent to an activating group) is 1. The maximum atomic E-state index is 12.8. The smallest absolute Gasteiger partial charge is 0.417 e. The van der Waals surface area contributed by atoms with Crippen LogP contribution < -0.4 is 5.32 Å². The van der Waals surface area contributed by atoms with E-state index in [1.54, 1.807) is 7.05 Å². The van der Waals surface area contributed by atoms with Gasteiger partial charge in [0.1, 0.15) is 6.04 Å². The van der Waals surface area contributed by atoms with Crippen molar-refractivity contribution in [2.45, 2.75) is 18.6 Å². The van der Waals surface area contributed by atoms with Crippen LogP contribution in [0.1, 0.15) is 12.0 Å². The highest BCUT2D eigenvalue weighted by Crippen LogP contribution is 2.36. The van der Waals surface area contributed by atoms with Crippen molar-refractivity contribution in [3.05, 3.63) is 28.8 Å². The van der Waals surface area contributed by atoms with Crippen molar-refractivity contribution in [1.29, 1.82) is 0 Å². The van der Waals surface area contributed by atoms with Gasteiger partial charge in [0.15, 0.2) is 0 Å². The van der Waals surface area contributed by atoms with Crippen LogP contribution in [0.3, 0.4) is 0 Å². The zero-order valence-corrected chi connectivity index (χ0v) is 12.9. The number of esters is 1. The summed E-state index contributed by atoms with van der Waals surface area (Å²) in [4.78, 5) is 24.8. The Morgan fingerprint density at radius 3 is 2.74 bits per heavy atom. The number of hydrogen-bond donors (Lipinski definition) is 1. The van der Waals surface area contributed by atoms with Crippen LogP contribution in [0.2, 0.25) is 5.02 Å². The zero-order valence-electron chi connectivity index (χ0n) is 12.1. The second kappa shape index (κ2) is 6.76. The molecule has 126 valence electrons. The van der Waals surface area contributed by atoms with E-state index >= 15 is 0 Å². The van der Waals surface area contributed by atoms with Crippen LogP contribution in [0.25, 0.3) is 0 Å². The number of nitrogens with one attached hydrogen (secondary N) is 1. The third-order valence-electron chi connectivity index (χ3n) is 3.39. The van der Waals surface area contributed by atoms with Crippen LogP contribution in [-0.4, -0.2) is 43.0 Å². The number of anilines is 1. The van der Waals surface area contributed by atoms with E-state index in [2.05, 4.69) is 5.32 Å². The second-order valence-corrected chi connectivity index (χ2v) is 5.53. The number of carbonyl (C=O) groups excluding carboxylic acids is 2. The van der Waals surface area contributed by atoms with Gasteiger partial charge in [0.25, 0.3) is 0 Å². The number of rotatable bonds is 4. The molecule has 1 saturated heterocycles. The first-order chi connectivity index (χ1) is 10.7. The fourth-order valence-electron chi connectivity index (χ4n) is 2.24. The molecule has 1 N–H and O–H groups in total. The van der Waals surface area contributed by atoms with E-state index in [1.165, 1.54) is 11.0 Å². The first-order valence-corrected chi connectivity index (χ1v) is 7.10. The Balaban J connectivity index is 2.01. The summed E-state index contributed by atoms with van der Waals surface area (Å²) in [6.45, 7) is 0.144. The minimum atomic E-state index is -4.61. The van der Waals surface area contributed by atoms with Crippen molar-refractivity contribution in [2.24, 2.45) is 0 Å². The summed E-state index contributed by atoms with van der Waals surface area (Å²) in [5.41, 5.74) is -1.04. The van der Waals surface area contributed by atoms with E-state index < -0.39 is 34.7 Å². The summed E-state index contributed by atoms with van der Waals surface area (Å²) >= 11 is 5.51. The number of halogens is 4. The summed E-state index contributed by atoms with van der Waals surface area (Å²) in [7, 11) is 1.57. The van der Waals surface area contributed by atoms with E-state index in [4.69, 9.17) is 16.3 Å². The number of ether oxygens (including phenoxy) is 1. The molecular formula is C14H14ClF3N2O3. The Morgan fingerprint density at radius 1 is 1.48 bits per heavy atom. The number of benzene rings is 1. The van der Waals surface area contributed by atoms with Gasteiger partial charge in [-0.2, -0.15) is 13.2 Å². The molecule has 1 aromatic carbocycles. The van der Waals surface area contributed by atoms with Gasteiger partial charge in [-0.1, -0.05) is 11.6 Å². The standard InChI is InChI=1S/C14H14ClF3N2O3/c1-20(11-4-5-23-13(11)22)7-12(21)19-8-2-3-10(15)9(6-8)14(16,17)18/h2-3,6,11H,4-5,7H2,1H3,(H,19,21)/t11-/m1/s1. The lowest BCUT2D eigenvalue weighted by Gasteiger charge is -2.20. The Kier molecular flexibility index (Phi) is 5.16. The number of carbonyl (C=O) groups is 2. The molecule has 1 heterocycles. The lowest BCUT2D eigenvalue weighted by molar-refractivity contribution is -0.142. The van der Waals surface area contributed by atoms with Crippen LogP contribution >= 0.6 is 11.6 Å². The molecular weight excluding hydrogens is 337 g/mol. The molecule has 1 aliphatic heterocycles. The number of cyclic esters (lactones) is 1. The average Bonchev–Trinajstić information content (AvgIpc) is 2.86. The fraction of sp³-hybridized carbons (Fsp3) is 0.429. The predicted octanol–water partition coefficient (Wildman–Crippen LogP) is 2.54. The number of nitrogens with zero attached hydrogens (tertiary/aromatic N) is 1. The molecule has 5 nitrogen and oxygen atoms in total. The largest absolute Gasteiger partial charge is 0.464 e. The molecule has 0 saturated carbocycles. The van der Waals surface area contributed by atoms with Crippen molar-refractivity contribution in [1.82, 2.24) is 4.90 Å². The average molecular weight is 351 g/mol. The molecule has 0 unspecified atom stereocenters. The molecule has 0 bridgehead atoms. The Hall–Kier alpha value is -1.80. The van der Waals surface area contributed by atoms with Crippen molar-refractivity contribution in [3.8, 4) is 0 Å². The van der Waals surface area contributed by atoms with Gasteiger partial charge in [-0.15, -0.1) is 0 Å². The van der Waals surface area contributed by atoms with Crippen LogP contribution in [0.15, 0.2) is 18.2 Å². The van der Waals surface area contributed by atoms with Crippen LogP contribution in [0.4, 0.5) is 18.9 Å². The van der Waals surface area contributed by atoms with Gasteiger partial charge in [-0.25, -0.2) is 0 Å². The van der Waals surface area contributed by atoms with Crippen molar-refractivity contribution in [3.63, 3.8) is 0 Å². The first-order valence-electron chi connectivity index (χ1n) is 6.72. The van der Waals surface area contributed by atoms with Gasteiger partial charge in [0.2, 0.25) is 5.91 Å². The molecule has 1 aliphatic rings. The van der Waals surface area contributed by atoms with Gasteiger partial charge in [-0.05, 0) is 25.2 Å². The maximum Gasteiger partial charge on any atom is 0.417 e. The molecule has 1 amide bonds. The molecule has 1 aromatic rings. The number of alkyl halides is 3. The van der Waals surface area contributed by atoms with Gasteiger partial charge in [0, 0.05) is 12.1 Å². The van der Waals surface area contributed by atoms with E-state index in [9.17, 15) is 22.8 Å². The van der Waals surface area contributed by atoms with Crippen molar-refractivity contribution in [2.75, 3.05) is 25.5 Å². The third-order valence-corrected chi connectivity index (χ3v) is 3.72. The molecule has 0 aliphatic carbocycles. The summed E-state index contributed by atoms with van der Waals surface area (Å²) < 4.78 is 43.1. The molecule has 9 heteroatoms. The summed E-state index contributed by atoms with van der Waals surface area (Å²) in [6.07, 6.45) is -4.13. The Morgan fingerprint density at radius 2 is 2.17 bits per heavy atom. The topological polar surface area (TPSA) is 58.6 Å². The van der Waals surface area contributed by atoms with E-state index in [1.807, 2.05) is 0 Å². The highest BCUT2D eigenvalue weighted by Gasteiger charge is 2.34. The van der Waals surface area contributed by atoms with E-state index in [-0.39, 0.29) is 12.2 Å². The number of hydrogen-bond acceptors (Lipinski definition) is 4. The summed E-state index contributed by atoms with van der Waals surface area (Å²) in [6, 6.07) is 2.60. The van der Waals surface area contributed by atoms with Crippen LogP contribution in [0, 0.1) is 0 Å². The molecule has 23 heavy (non-hydrogen) atoms.